The largest absolute Gasteiger partial charge is 0.497 e. The van der Waals surface area contributed by atoms with Crippen LogP contribution in [0.25, 0.3) is 11.3 Å². The standard InChI is InChI=1S/C17H16N4O4S/c1-24-11-3-4-12(14(9-11)25-2)13-5-6-16(23)21(20-13)10-15(22)19-17-18-7-8-26-17/h3-9H,10H2,1-2H3,(H,18,19,22). The third kappa shape index (κ3) is 3.89. The summed E-state index contributed by atoms with van der Waals surface area (Å²) in [7, 11) is 3.10. The van der Waals surface area contributed by atoms with E-state index >= 15 is 0 Å². The number of carbonyl (C=O) groups excluding carboxylic acids is 1. The number of hydrogen-bond acceptors (Lipinski definition) is 7. The van der Waals surface area contributed by atoms with Crippen LogP contribution in [-0.2, 0) is 11.3 Å². The maximum absolute atomic E-state index is 12.1. The van der Waals surface area contributed by atoms with Crippen molar-refractivity contribution in [3.63, 3.8) is 0 Å². The van der Waals surface area contributed by atoms with E-state index in [1.807, 2.05) is 0 Å². The summed E-state index contributed by atoms with van der Waals surface area (Å²) in [5, 5.41) is 9.12. The number of anilines is 1. The van der Waals surface area contributed by atoms with Crippen LogP contribution in [0.3, 0.4) is 0 Å². The molecule has 0 aliphatic heterocycles. The van der Waals surface area contributed by atoms with Crippen molar-refractivity contribution in [3.8, 4) is 22.8 Å². The van der Waals surface area contributed by atoms with Gasteiger partial charge in [0.1, 0.15) is 18.0 Å². The molecule has 0 bridgehead atoms. The van der Waals surface area contributed by atoms with Crippen molar-refractivity contribution < 1.29 is 14.3 Å². The van der Waals surface area contributed by atoms with E-state index in [2.05, 4.69) is 15.4 Å². The quantitative estimate of drug-likeness (QED) is 0.711. The van der Waals surface area contributed by atoms with Gasteiger partial charge in [0, 0.05) is 29.3 Å². The molecule has 0 spiro atoms. The summed E-state index contributed by atoms with van der Waals surface area (Å²) in [5.74, 6) is 0.810. The molecule has 0 saturated heterocycles. The molecule has 0 atom stereocenters. The first-order valence-electron chi connectivity index (χ1n) is 7.60. The van der Waals surface area contributed by atoms with Crippen molar-refractivity contribution >= 4 is 22.4 Å². The lowest BCUT2D eigenvalue weighted by Gasteiger charge is -2.11. The Labute approximate surface area is 153 Å². The molecule has 8 nitrogen and oxygen atoms in total. The molecule has 134 valence electrons. The van der Waals surface area contributed by atoms with Crippen molar-refractivity contribution in [3.05, 3.63) is 52.3 Å². The second-order valence-corrected chi connectivity index (χ2v) is 6.06. The van der Waals surface area contributed by atoms with Crippen molar-refractivity contribution in [1.82, 2.24) is 14.8 Å². The van der Waals surface area contributed by atoms with Gasteiger partial charge >= 0.3 is 0 Å². The van der Waals surface area contributed by atoms with Crippen LogP contribution in [0.2, 0.25) is 0 Å². The summed E-state index contributed by atoms with van der Waals surface area (Å²) in [6, 6.07) is 8.22. The third-order valence-electron chi connectivity index (χ3n) is 3.52. The zero-order valence-corrected chi connectivity index (χ0v) is 14.9. The van der Waals surface area contributed by atoms with Gasteiger partial charge in [0.25, 0.3) is 5.56 Å². The number of hydrogen-bond donors (Lipinski definition) is 1. The van der Waals surface area contributed by atoms with E-state index in [1.165, 1.54) is 24.5 Å². The number of thiazole rings is 1. The zero-order valence-electron chi connectivity index (χ0n) is 14.1. The molecular weight excluding hydrogens is 356 g/mol. The van der Waals surface area contributed by atoms with Crippen LogP contribution < -0.4 is 20.3 Å². The van der Waals surface area contributed by atoms with Crippen molar-refractivity contribution in [1.29, 1.82) is 0 Å². The van der Waals surface area contributed by atoms with Gasteiger partial charge in [0.2, 0.25) is 5.91 Å². The Kier molecular flexibility index (Phi) is 5.28. The Morgan fingerprint density at radius 1 is 1.23 bits per heavy atom. The number of aromatic nitrogens is 3. The molecule has 0 aliphatic carbocycles. The van der Waals surface area contributed by atoms with Crippen LogP contribution in [0.1, 0.15) is 0 Å². The van der Waals surface area contributed by atoms with Crippen LogP contribution >= 0.6 is 11.3 Å². The summed E-state index contributed by atoms with van der Waals surface area (Å²) in [4.78, 5) is 28.1. The number of benzene rings is 1. The Balaban J connectivity index is 1.88. The molecule has 2 heterocycles. The van der Waals surface area contributed by atoms with Gasteiger partial charge in [-0.25, -0.2) is 9.67 Å². The van der Waals surface area contributed by atoms with E-state index in [0.29, 0.717) is 27.9 Å². The van der Waals surface area contributed by atoms with Gasteiger partial charge in [-0.05, 0) is 18.2 Å². The van der Waals surface area contributed by atoms with Crippen LogP contribution in [0.5, 0.6) is 11.5 Å². The van der Waals surface area contributed by atoms with Crippen LogP contribution in [0.4, 0.5) is 5.13 Å². The molecule has 26 heavy (non-hydrogen) atoms. The fourth-order valence-electron chi connectivity index (χ4n) is 2.30. The molecule has 3 aromatic rings. The molecule has 0 aliphatic rings. The maximum atomic E-state index is 12.1. The fourth-order valence-corrected chi connectivity index (χ4v) is 2.84. The Morgan fingerprint density at radius 2 is 2.08 bits per heavy atom. The normalized spacial score (nSPS) is 10.4. The average Bonchev–Trinajstić information content (AvgIpc) is 3.16. The Morgan fingerprint density at radius 3 is 2.77 bits per heavy atom. The summed E-state index contributed by atoms with van der Waals surface area (Å²) in [6.07, 6.45) is 1.58. The minimum absolute atomic E-state index is 0.218. The van der Waals surface area contributed by atoms with E-state index in [0.717, 1.165) is 4.68 Å². The Bertz CT molecular complexity index is 969. The van der Waals surface area contributed by atoms with Crippen LogP contribution in [0.15, 0.2) is 46.7 Å². The molecule has 1 amide bonds. The third-order valence-corrected chi connectivity index (χ3v) is 4.21. The highest BCUT2D eigenvalue weighted by Crippen LogP contribution is 2.31. The van der Waals surface area contributed by atoms with E-state index < -0.39 is 0 Å². The summed E-state index contributed by atoms with van der Waals surface area (Å²) in [6.45, 7) is -0.218. The number of rotatable bonds is 6. The zero-order chi connectivity index (χ0) is 18.5. The number of amides is 1. The first-order chi connectivity index (χ1) is 12.6. The molecule has 9 heteroatoms. The second kappa shape index (κ2) is 7.79. The molecule has 1 N–H and O–H groups in total. The highest BCUT2D eigenvalue weighted by atomic mass is 32.1. The molecule has 0 saturated carbocycles. The highest BCUT2D eigenvalue weighted by Gasteiger charge is 2.13. The molecule has 0 radical (unpaired) electrons. The van der Waals surface area contributed by atoms with E-state index in [4.69, 9.17) is 9.47 Å². The maximum Gasteiger partial charge on any atom is 0.267 e. The molecular formula is C17H16N4O4S. The minimum Gasteiger partial charge on any atom is -0.497 e. The van der Waals surface area contributed by atoms with Gasteiger partial charge < -0.3 is 14.8 Å². The van der Waals surface area contributed by atoms with Gasteiger partial charge in [-0.15, -0.1) is 11.3 Å². The van der Waals surface area contributed by atoms with Gasteiger partial charge in [-0.2, -0.15) is 5.10 Å². The van der Waals surface area contributed by atoms with E-state index in [-0.39, 0.29) is 18.0 Å². The van der Waals surface area contributed by atoms with Gasteiger partial charge in [-0.1, -0.05) is 0 Å². The van der Waals surface area contributed by atoms with Crippen molar-refractivity contribution in [2.24, 2.45) is 0 Å². The van der Waals surface area contributed by atoms with Crippen molar-refractivity contribution in [2.75, 3.05) is 19.5 Å². The van der Waals surface area contributed by atoms with Crippen molar-refractivity contribution in [2.45, 2.75) is 6.54 Å². The predicted octanol–water partition coefficient (Wildman–Crippen LogP) is 2.02. The number of nitrogens with one attached hydrogen (secondary N) is 1. The highest BCUT2D eigenvalue weighted by molar-refractivity contribution is 7.13. The Hall–Kier alpha value is -3.20. The SMILES string of the molecule is COc1ccc(-c2ccc(=O)n(CC(=O)Nc3nccs3)n2)c(OC)c1. The summed E-state index contributed by atoms with van der Waals surface area (Å²) < 4.78 is 11.6. The molecule has 2 aromatic heterocycles. The number of carbonyl (C=O) groups is 1. The minimum atomic E-state index is -0.381. The van der Waals surface area contributed by atoms with Crippen LogP contribution in [-0.4, -0.2) is 34.9 Å². The number of ether oxygens (including phenoxy) is 2. The predicted molar refractivity (Wildman–Crippen MR) is 97.8 cm³/mol. The van der Waals surface area contributed by atoms with E-state index in [1.54, 1.807) is 43.0 Å². The first kappa shape index (κ1) is 17.6. The fraction of sp³-hybridized carbons (Fsp3) is 0.176. The van der Waals surface area contributed by atoms with Gasteiger partial charge in [-0.3, -0.25) is 9.59 Å². The summed E-state index contributed by atoms with van der Waals surface area (Å²) in [5.41, 5.74) is 0.809. The average molecular weight is 372 g/mol. The number of nitrogens with zero attached hydrogens (tertiary/aromatic N) is 3. The van der Waals surface area contributed by atoms with Crippen LogP contribution in [0, 0.1) is 0 Å². The van der Waals surface area contributed by atoms with Gasteiger partial charge in [0.05, 0.1) is 19.9 Å². The molecule has 0 unspecified atom stereocenters. The molecule has 3 rings (SSSR count). The molecule has 0 fully saturated rings. The smallest absolute Gasteiger partial charge is 0.267 e. The lowest BCUT2D eigenvalue weighted by Crippen LogP contribution is -2.29. The topological polar surface area (TPSA) is 95.3 Å². The second-order valence-electron chi connectivity index (χ2n) is 5.17. The lowest BCUT2D eigenvalue weighted by atomic mass is 10.1. The summed E-state index contributed by atoms with van der Waals surface area (Å²) >= 11 is 1.30. The molecule has 1 aromatic carbocycles. The first-order valence-corrected chi connectivity index (χ1v) is 8.48. The lowest BCUT2D eigenvalue weighted by molar-refractivity contribution is -0.117. The number of methoxy groups -OCH3 is 2. The monoisotopic (exact) mass is 372 g/mol. The van der Waals surface area contributed by atoms with Gasteiger partial charge in [0.15, 0.2) is 5.13 Å². The van der Waals surface area contributed by atoms with E-state index in [9.17, 15) is 9.59 Å².